The third-order valence-corrected chi connectivity index (χ3v) is 5.37. The van der Waals surface area contributed by atoms with Crippen molar-refractivity contribution in [3.05, 3.63) is 44.5 Å². The number of aromatic amines is 1. The van der Waals surface area contributed by atoms with Gasteiger partial charge in [0.25, 0.3) is 11.6 Å². The number of nitro groups is 1. The van der Waals surface area contributed by atoms with E-state index in [9.17, 15) is 19.7 Å². The van der Waals surface area contributed by atoms with Crippen molar-refractivity contribution in [2.24, 2.45) is 0 Å². The van der Waals surface area contributed by atoms with Gasteiger partial charge >= 0.3 is 0 Å². The van der Waals surface area contributed by atoms with Gasteiger partial charge in [0, 0.05) is 51.3 Å². The van der Waals surface area contributed by atoms with Crippen LogP contribution in [0.4, 0.5) is 11.4 Å². The fourth-order valence-electron chi connectivity index (χ4n) is 3.41. The van der Waals surface area contributed by atoms with Gasteiger partial charge in [0.15, 0.2) is 10.6 Å². The molecule has 1 aromatic carbocycles. The third-order valence-electron chi connectivity index (χ3n) is 5.06. The maximum absolute atomic E-state index is 12.5. The molecule has 1 aliphatic heterocycles. The van der Waals surface area contributed by atoms with Crippen molar-refractivity contribution in [1.29, 1.82) is 0 Å². The molecule has 3 rings (SSSR count). The lowest BCUT2D eigenvalue weighted by atomic mass is 10.1. The van der Waals surface area contributed by atoms with Crippen LogP contribution < -0.4 is 10.2 Å². The van der Waals surface area contributed by atoms with Crippen molar-refractivity contribution in [2.75, 3.05) is 31.1 Å². The molecule has 0 saturated carbocycles. The quantitative estimate of drug-likeness (QED) is 0.401. The summed E-state index contributed by atoms with van der Waals surface area (Å²) < 4.78 is 2.22. The Balaban J connectivity index is 1.74. The number of nitrogens with one attached hydrogen (secondary N) is 2. The number of rotatable bonds is 6. The predicted molar refractivity (Wildman–Crippen MR) is 112 cm³/mol. The molecule has 1 fully saturated rings. The molecule has 0 bridgehead atoms. The van der Waals surface area contributed by atoms with E-state index >= 15 is 0 Å². The highest BCUT2D eigenvalue weighted by Crippen LogP contribution is 2.30. The Labute approximate surface area is 177 Å². The maximum atomic E-state index is 12.5. The van der Waals surface area contributed by atoms with Gasteiger partial charge in [-0.15, -0.1) is 0 Å². The molecule has 0 atom stereocenters. The monoisotopic (exact) mass is 433 g/mol. The first-order valence-electron chi connectivity index (χ1n) is 9.53. The number of anilines is 1. The number of piperazine rings is 1. The van der Waals surface area contributed by atoms with Gasteiger partial charge in [-0.2, -0.15) is 5.10 Å². The molecule has 11 nitrogen and oxygen atoms in total. The molecule has 2 aromatic rings. The van der Waals surface area contributed by atoms with Gasteiger partial charge in [-0.1, -0.05) is 0 Å². The van der Waals surface area contributed by atoms with Gasteiger partial charge in [0.1, 0.15) is 5.69 Å². The Morgan fingerprint density at radius 2 is 2.00 bits per heavy atom. The number of benzene rings is 1. The van der Waals surface area contributed by atoms with E-state index in [0.717, 1.165) is 0 Å². The largest absolute Gasteiger partial charge is 0.362 e. The average Bonchev–Trinajstić information content (AvgIpc) is 3.10. The van der Waals surface area contributed by atoms with Crippen molar-refractivity contribution in [2.45, 2.75) is 26.9 Å². The minimum absolute atomic E-state index is 0.0133. The Kier molecular flexibility index (Phi) is 6.45. The summed E-state index contributed by atoms with van der Waals surface area (Å²) in [7, 11) is 0. The number of nitrogens with zero attached hydrogens (tertiary/aromatic N) is 5. The first kappa shape index (κ1) is 21.4. The second kappa shape index (κ2) is 9.03. The van der Waals surface area contributed by atoms with E-state index in [1.54, 1.807) is 21.6 Å². The second-order valence-corrected chi connectivity index (χ2v) is 7.21. The summed E-state index contributed by atoms with van der Waals surface area (Å²) in [6.45, 7) is 6.15. The predicted octanol–water partition coefficient (Wildman–Crippen LogP) is 1.47. The van der Waals surface area contributed by atoms with Crippen LogP contribution in [0.2, 0.25) is 0 Å². The fourth-order valence-corrected chi connectivity index (χ4v) is 3.69. The van der Waals surface area contributed by atoms with E-state index in [1.807, 2.05) is 11.8 Å². The van der Waals surface area contributed by atoms with Crippen LogP contribution in [0.5, 0.6) is 0 Å². The van der Waals surface area contributed by atoms with Crippen LogP contribution in [0.1, 0.15) is 30.0 Å². The molecule has 1 aliphatic rings. The molecule has 2 heterocycles. The lowest BCUT2D eigenvalue weighted by Gasteiger charge is -2.35. The van der Waals surface area contributed by atoms with Gasteiger partial charge < -0.3 is 19.7 Å². The zero-order valence-electron chi connectivity index (χ0n) is 16.8. The Hall–Kier alpha value is -3.28. The lowest BCUT2D eigenvalue weighted by molar-refractivity contribution is -0.384. The van der Waals surface area contributed by atoms with E-state index in [1.165, 1.54) is 13.0 Å². The van der Waals surface area contributed by atoms with Crippen molar-refractivity contribution in [1.82, 2.24) is 25.0 Å². The van der Waals surface area contributed by atoms with Gasteiger partial charge in [-0.05, 0) is 31.3 Å². The van der Waals surface area contributed by atoms with Gasteiger partial charge in [-0.25, -0.2) is 0 Å². The molecule has 0 unspecified atom stereocenters. The molecule has 2 N–H and O–H groups in total. The Morgan fingerprint density at radius 1 is 1.30 bits per heavy atom. The van der Waals surface area contributed by atoms with Crippen LogP contribution in [-0.4, -0.2) is 62.6 Å². The molecule has 0 aliphatic carbocycles. The maximum Gasteiger partial charge on any atom is 0.293 e. The molecule has 160 valence electrons. The smallest absolute Gasteiger partial charge is 0.293 e. The fraction of sp³-hybridized carbons (Fsp3) is 0.444. The van der Waals surface area contributed by atoms with E-state index in [4.69, 9.17) is 12.2 Å². The van der Waals surface area contributed by atoms with Crippen LogP contribution in [0.25, 0.3) is 0 Å². The first-order chi connectivity index (χ1) is 14.3. The van der Waals surface area contributed by atoms with Crippen LogP contribution >= 0.6 is 12.2 Å². The summed E-state index contributed by atoms with van der Waals surface area (Å²) in [4.78, 5) is 38.7. The molecule has 2 amide bonds. The summed E-state index contributed by atoms with van der Waals surface area (Å²) in [5.41, 5.74) is 0.479. The molecule has 30 heavy (non-hydrogen) atoms. The summed E-state index contributed by atoms with van der Waals surface area (Å²) in [5, 5.41) is 21.1. The highest BCUT2D eigenvalue weighted by molar-refractivity contribution is 7.71. The van der Waals surface area contributed by atoms with Crippen LogP contribution in [-0.2, 0) is 17.9 Å². The second-order valence-electron chi connectivity index (χ2n) is 6.83. The van der Waals surface area contributed by atoms with Crippen LogP contribution in [0, 0.1) is 14.9 Å². The number of hydrogen-bond donors (Lipinski definition) is 2. The summed E-state index contributed by atoms with van der Waals surface area (Å²) in [5.74, 6) is 0.119. The number of H-pyrrole nitrogens is 1. The molecule has 1 saturated heterocycles. The van der Waals surface area contributed by atoms with E-state index in [-0.39, 0.29) is 23.7 Å². The minimum Gasteiger partial charge on any atom is -0.362 e. The number of aromatic nitrogens is 3. The van der Waals surface area contributed by atoms with E-state index < -0.39 is 10.8 Å². The normalized spacial score (nSPS) is 13.9. The van der Waals surface area contributed by atoms with Crippen molar-refractivity contribution in [3.63, 3.8) is 0 Å². The molecule has 0 spiro atoms. The number of amides is 2. The molecule has 12 heteroatoms. The zero-order chi connectivity index (χ0) is 21.8. The summed E-state index contributed by atoms with van der Waals surface area (Å²) >= 11 is 5.12. The SMILES string of the molecule is CCn1c(CNC(=O)c2ccc(N3CCN(C(C)=O)CC3)c([N+](=O)[O-])c2)n[nH]c1=S. The molecular weight excluding hydrogens is 410 g/mol. The van der Waals surface area contributed by atoms with Gasteiger partial charge in [-0.3, -0.25) is 24.8 Å². The summed E-state index contributed by atoms with van der Waals surface area (Å²) in [6, 6.07) is 4.42. The van der Waals surface area contributed by atoms with Crippen LogP contribution in [0.15, 0.2) is 18.2 Å². The highest BCUT2D eigenvalue weighted by Gasteiger charge is 2.26. The van der Waals surface area contributed by atoms with Crippen molar-refractivity contribution in [3.8, 4) is 0 Å². The highest BCUT2D eigenvalue weighted by atomic mass is 32.1. The molecular formula is C18H23N7O4S. The Morgan fingerprint density at radius 3 is 2.60 bits per heavy atom. The number of nitro benzene ring substituents is 1. The van der Waals surface area contributed by atoms with Crippen molar-refractivity contribution >= 4 is 35.4 Å². The third kappa shape index (κ3) is 4.48. The topological polar surface area (TPSA) is 129 Å². The van der Waals surface area contributed by atoms with E-state index in [2.05, 4.69) is 15.5 Å². The van der Waals surface area contributed by atoms with Crippen LogP contribution in [0.3, 0.4) is 0 Å². The standard InChI is InChI=1S/C18H23N7O4S/c1-3-24-16(20-21-18(24)30)11-19-17(27)13-4-5-14(15(10-13)25(28)29)23-8-6-22(7-9-23)12(2)26/h4-5,10H,3,6-9,11H2,1-2H3,(H,19,27)(H,21,30). The average molecular weight is 433 g/mol. The minimum atomic E-state index is -0.494. The number of hydrogen-bond acceptors (Lipinski definition) is 7. The first-order valence-corrected chi connectivity index (χ1v) is 9.93. The van der Waals surface area contributed by atoms with E-state index in [0.29, 0.717) is 49.0 Å². The lowest BCUT2D eigenvalue weighted by Crippen LogP contribution is -2.48. The van der Waals surface area contributed by atoms with Gasteiger partial charge in [0.2, 0.25) is 5.91 Å². The molecule has 1 aromatic heterocycles. The number of carbonyl (C=O) groups is 2. The molecule has 0 radical (unpaired) electrons. The number of carbonyl (C=O) groups excluding carboxylic acids is 2. The summed E-state index contributed by atoms with van der Waals surface area (Å²) in [6.07, 6.45) is 0. The zero-order valence-corrected chi connectivity index (χ0v) is 17.6. The van der Waals surface area contributed by atoms with Gasteiger partial charge in [0.05, 0.1) is 11.5 Å². The Bertz CT molecular complexity index is 1020. The van der Waals surface area contributed by atoms with Crippen molar-refractivity contribution < 1.29 is 14.5 Å².